The van der Waals surface area contributed by atoms with E-state index in [0.29, 0.717) is 6.42 Å². The SMILES string of the molecule is NS(=O)(=O)CCCCC1=CCCC=C1. The number of primary sulfonamides is 1. The summed E-state index contributed by atoms with van der Waals surface area (Å²) >= 11 is 0. The van der Waals surface area contributed by atoms with Crippen molar-refractivity contribution < 1.29 is 8.42 Å². The maximum Gasteiger partial charge on any atom is 0.209 e. The Morgan fingerprint density at radius 3 is 2.64 bits per heavy atom. The zero-order valence-corrected chi connectivity index (χ0v) is 9.09. The van der Waals surface area contributed by atoms with Crippen LogP contribution in [0.1, 0.15) is 32.1 Å². The molecule has 4 heteroatoms. The van der Waals surface area contributed by atoms with Crippen LogP contribution >= 0.6 is 0 Å². The van der Waals surface area contributed by atoms with E-state index >= 15 is 0 Å². The summed E-state index contributed by atoms with van der Waals surface area (Å²) in [6.45, 7) is 0. The van der Waals surface area contributed by atoms with Crippen molar-refractivity contribution >= 4 is 10.0 Å². The number of unbranched alkanes of at least 4 members (excludes halogenated alkanes) is 1. The van der Waals surface area contributed by atoms with Gasteiger partial charge < -0.3 is 0 Å². The van der Waals surface area contributed by atoms with E-state index in [2.05, 4.69) is 18.2 Å². The Bertz CT molecular complexity index is 328. The quantitative estimate of drug-likeness (QED) is 0.710. The molecule has 0 saturated carbocycles. The molecule has 0 spiro atoms. The van der Waals surface area contributed by atoms with Crippen molar-refractivity contribution in [1.29, 1.82) is 0 Å². The van der Waals surface area contributed by atoms with Crippen LogP contribution in [-0.2, 0) is 10.0 Å². The van der Waals surface area contributed by atoms with E-state index in [4.69, 9.17) is 5.14 Å². The van der Waals surface area contributed by atoms with Gasteiger partial charge in [0.15, 0.2) is 0 Å². The molecule has 0 aromatic rings. The first-order valence-electron chi connectivity index (χ1n) is 4.94. The van der Waals surface area contributed by atoms with Crippen molar-refractivity contribution in [3.05, 3.63) is 23.8 Å². The van der Waals surface area contributed by atoms with Gasteiger partial charge in [0.2, 0.25) is 10.0 Å². The molecule has 80 valence electrons. The molecule has 0 heterocycles. The van der Waals surface area contributed by atoms with E-state index in [-0.39, 0.29) is 5.75 Å². The average Bonchev–Trinajstić information content (AvgIpc) is 2.13. The first-order chi connectivity index (χ1) is 6.58. The van der Waals surface area contributed by atoms with Gasteiger partial charge in [0.1, 0.15) is 0 Å². The van der Waals surface area contributed by atoms with Crippen LogP contribution in [0.3, 0.4) is 0 Å². The minimum atomic E-state index is -3.26. The van der Waals surface area contributed by atoms with Gasteiger partial charge in [0, 0.05) is 0 Å². The molecule has 0 amide bonds. The van der Waals surface area contributed by atoms with Gasteiger partial charge in [-0.25, -0.2) is 13.6 Å². The molecule has 0 aliphatic heterocycles. The molecule has 0 aromatic carbocycles. The Kier molecular flexibility index (Phi) is 4.35. The number of nitrogens with two attached hydrogens (primary N) is 1. The molecule has 1 aliphatic rings. The molecule has 2 N–H and O–H groups in total. The second-order valence-corrected chi connectivity index (χ2v) is 5.32. The number of hydrogen-bond acceptors (Lipinski definition) is 2. The average molecular weight is 215 g/mol. The summed E-state index contributed by atoms with van der Waals surface area (Å²) in [5, 5.41) is 4.90. The standard InChI is InChI=1S/C10H17NO2S/c11-14(12,13)9-5-4-8-10-6-2-1-3-7-10/h2,6-7H,1,3-5,8-9H2,(H2,11,12,13). The summed E-state index contributed by atoms with van der Waals surface area (Å²) in [6, 6.07) is 0. The van der Waals surface area contributed by atoms with Crippen molar-refractivity contribution in [1.82, 2.24) is 0 Å². The maximum absolute atomic E-state index is 10.6. The van der Waals surface area contributed by atoms with Crippen LogP contribution in [0.4, 0.5) is 0 Å². The molecule has 3 nitrogen and oxygen atoms in total. The Morgan fingerprint density at radius 1 is 1.29 bits per heavy atom. The van der Waals surface area contributed by atoms with E-state index in [9.17, 15) is 8.42 Å². The molecule has 1 rings (SSSR count). The van der Waals surface area contributed by atoms with Crippen LogP contribution in [0.15, 0.2) is 23.8 Å². The zero-order valence-electron chi connectivity index (χ0n) is 8.28. The predicted molar refractivity (Wildman–Crippen MR) is 58.3 cm³/mol. The smallest absolute Gasteiger partial charge is 0.209 e. The van der Waals surface area contributed by atoms with Crippen LogP contribution in [0.25, 0.3) is 0 Å². The van der Waals surface area contributed by atoms with Gasteiger partial charge in [0.25, 0.3) is 0 Å². The van der Waals surface area contributed by atoms with Gasteiger partial charge in [-0.1, -0.05) is 23.8 Å². The van der Waals surface area contributed by atoms with Crippen LogP contribution in [-0.4, -0.2) is 14.2 Å². The number of hydrogen-bond donors (Lipinski definition) is 1. The number of rotatable bonds is 5. The van der Waals surface area contributed by atoms with Gasteiger partial charge in [-0.3, -0.25) is 0 Å². The fourth-order valence-corrected chi connectivity index (χ4v) is 2.09. The van der Waals surface area contributed by atoms with Crippen LogP contribution in [0, 0.1) is 0 Å². The second kappa shape index (κ2) is 5.32. The molecular weight excluding hydrogens is 198 g/mol. The molecule has 14 heavy (non-hydrogen) atoms. The van der Waals surface area contributed by atoms with Gasteiger partial charge >= 0.3 is 0 Å². The lowest BCUT2D eigenvalue weighted by Gasteiger charge is -2.05. The normalized spacial score (nSPS) is 16.8. The van der Waals surface area contributed by atoms with E-state index in [0.717, 1.165) is 25.7 Å². The predicted octanol–water partition coefficient (Wildman–Crippen LogP) is 1.72. The summed E-state index contributed by atoms with van der Waals surface area (Å²) in [4.78, 5) is 0. The van der Waals surface area contributed by atoms with Crippen molar-refractivity contribution in [2.24, 2.45) is 5.14 Å². The van der Waals surface area contributed by atoms with E-state index in [1.165, 1.54) is 5.57 Å². The lowest BCUT2D eigenvalue weighted by molar-refractivity contribution is 0.593. The third kappa shape index (κ3) is 5.19. The van der Waals surface area contributed by atoms with Crippen LogP contribution in [0.5, 0.6) is 0 Å². The van der Waals surface area contributed by atoms with Crippen molar-refractivity contribution in [3.8, 4) is 0 Å². The van der Waals surface area contributed by atoms with Crippen molar-refractivity contribution in [3.63, 3.8) is 0 Å². The Hall–Kier alpha value is -0.610. The monoisotopic (exact) mass is 215 g/mol. The number of sulfonamides is 1. The molecule has 0 bridgehead atoms. The lowest BCUT2D eigenvalue weighted by atomic mass is 10.0. The Balaban J connectivity index is 2.16. The van der Waals surface area contributed by atoms with E-state index < -0.39 is 10.0 Å². The van der Waals surface area contributed by atoms with E-state index in [1.807, 2.05) is 0 Å². The minimum Gasteiger partial charge on any atom is -0.229 e. The Labute approximate surface area is 85.7 Å². The summed E-state index contributed by atoms with van der Waals surface area (Å²) in [6.07, 6.45) is 11.3. The molecule has 0 aromatic heterocycles. The zero-order chi connectivity index (χ0) is 10.4. The maximum atomic E-state index is 10.6. The highest BCUT2D eigenvalue weighted by Gasteiger charge is 2.02. The minimum absolute atomic E-state index is 0.101. The van der Waals surface area contributed by atoms with Gasteiger partial charge in [-0.05, 0) is 32.1 Å². The fourth-order valence-electron chi connectivity index (χ4n) is 1.49. The van der Waals surface area contributed by atoms with Crippen molar-refractivity contribution in [2.75, 3.05) is 5.75 Å². The van der Waals surface area contributed by atoms with E-state index in [1.54, 1.807) is 0 Å². The summed E-state index contributed by atoms with van der Waals surface area (Å²) in [7, 11) is -3.26. The Morgan fingerprint density at radius 2 is 2.07 bits per heavy atom. The third-order valence-corrected chi connectivity index (χ3v) is 3.07. The second-order valence-electron chi connectivity index (χ2n) is 3.58. The molecule has 0 unspecified atom stereocenters. The van der Waals surface area contributed by atoms with Crippen LogP contribution in [0.2, 0.25) is 0 Å². The summed E-state index contributed by atoms with van der Waals surface area (Å²) in [5.41, 5.74) is 1.32. The van der Waals surface area contributed by atoms with Gasteiger partial charge in [-0.15, -0.1) is 0 Å². The highest BCUT2D eigenvalue weighted by molar-refractivity contribution is 7.89. The van der Waals surface area contributed by atoms with Crippen molar-refractivity contribution in [2.45, 2.75) is 32.1 Å². The highest BCUT2D eigenvalue weighted by atomic mass is 32.2. The molecule has 1 aliphatic carbocycles. The van der Waals surface area contributed by atoms with Gasteiger partial charge in [-0.2, -0.15) is 0 Å². The lowest BCUT2D eigenvalue weighted by Crippen LogP contribution is -2.16. The first-order valence-corrected chi connectivity index (χ1v) is 6.65. The largest absolute Gasteiger partial charge is 0.229 e. The third-order valence-electron chi connectivity index (χ3n) is 2.22. The summed E-state index contributed by atoms with van der Waals surface area (Å²) < 4.78 is 21.3. The number of allylic oxidation sites excluding steroid dienone is 4. The topological polar surface area (TPSA) is 60.2 Å². The molecular formula is C10H17NO2S. The summed E-state index contributed by atoms with van der Waals surface area (Å²) in [5.74, 6) is 0.101. The first kappa shape index (κ1) is 11.5. The molecule has 0 atom stereocenters. The van der Waals surface area contributed by atoms with Gasteiger partial charge in [0.05, 0.1) is 5.75 Å². The molecule has 0 fully saturated rings. The highest BCUT2D eigenvalue weighted by Crippen LogP contribution is 2.15. The molecule has 0 saturated heterocycles. The molecule has 0 radical (unpaired) electrons. The van der Waals surface area contributed by atoms with Crippen LogP contribution < -0.4 is 5.14 Å². The fraction of sp³-hybridized carbons (Fsp3) is 0.600.